The number of carbonyl (C=O) groups is 1. The second kappa shape index (κ2) is 8.14. The van der Waals surface area contributed by atoms with Crippen molar-refractivity contribution in [3.8, 4) is 5.69 Å². The minimum Gasteiger partial charge on any atom is -0.331 e. The molecule has 31 heavy (non-hydrogen) atoms. The van der Waals surface area contributed by atoms with Gasteiger partial charge in [0.25, 0.3) is 0 Å². The quantitative estimate of drug-likeness (QED) is 0.654. The second-order valence-corrected chi connectivity index (χ2v) is 9.54. The highest BCUT2D eigenvalue weighted by molar-refractivity contribution is 7.90. The van der Waals surface area contributed by atoms with Crippen molar-refractivity contribution in [3.05, 3.63) is 71.8 Å². The number of hydrogen-bond acceptors (Lipinski definition) is 4. The molecule has 7 nitrogen and oxygen atoms in total. The van der Waals surface area contributed by atoms with E-state index >= 15 is 0 Å². The maximum absolute atomic E-state index is 13.2. The number of benzene rings is 2. The molecular weight excluding hydrogens is 419 g/mol. The Kier molecular flexibility index (Phi) is 5.53. The number of nitrogens with zero attached hydrogens (tertiary/aromatic N) is 3. The van der Waals surface area contributed by atoms with E-state index in [1.807, 2.05) is 13.0 Å². The number of urea groups is 1. The molecule has 1 aromatic heterocycles. The zero-order chi connectivity index (χ0) is 22.2. The lowest BCUT2D eigenvalue weighted by Gasteiger charge is -2.23. The minimum absolute atomic E-state index is 0.224. The highest BCUT2D eigenvalue weighted by Crippen LogP contribution is 2.30. The summed E-state index contributed by atoms with van der Waals surface area (Å²) >= 11 is 0. The van der Waals surface area contributed by atoms with Gasteiger partial charge in [0.2, 0.25) is 0 Å². The summed E-state index contributed by atoms with van der Waals surface area (Å²) in [4.78, 5) is 14.9. The van der Waals surface area contributed by atoms with Crippen LogP contribution >= 0.6 is 0 Å². The molecule has 0 saturated heterocycles. The van der Waals surface area contributed by atoms with Gasteiger partial charge in [0.05, 0.1) is 34.2 Å². The molecule has 0 fully saturated rings. The molecule has 2 amide bonds. The van der Waals surface area contributed by atoms with Crippen molar-refractivity contribution >= 4 is 21.6 Å². The zero-order valence-electron chi connectivity index (χ0n) is 17.2. The van der Waals surface area contributed by atoms with Crippen LogP contribution in [-0.2, 0) is 16.3 Å². The topological polar surface area (TPSA) is 84.3 Å². The molecule has 1 atom stereocenters. The molecule has 0 saturated carbocycles. The van der Waals surface area contributed by atoms with Gasteiger partial charge in [-0.25, -0.2) is 22.3 Å². The molecule has 9 heteroatoms. The summed E-state index contributed by atoms with van der Waals surface area (Å²) in [5.41, 5.74) is 3.06. The number of anilines is 1. The fraction of sp³-hybridized carbons (Fsp3) is 0.273. The number of sulfone groups is 1. The van der Waals surface area contributed by atoms with Crippen molar-refractivity contribution in [2.24, 2.45) is 0 Å². The average Bonchev–Trinajstić information content (AvgIpc) is 3.34. The SMILES string of the molecule is CC[C@H](NC(=O)N1CCc2c1cnn2-c1ccc(F)cc1)c1cccc(S(C)(=O)=O)c1. The van der Waals surface area contributed by atoms with Gasteiger partial charge in [-0.05, 0) is 48.4 Å². The fourth-order valence-electron chi connectivity index (χ4n) is 3.79. The van der Waals surface area contributed by atoms with Crippen molar-refractivity contribution in [1.29, 1.82) is 0 Å². The predicted octanol–water partition coefficient (Wildman–Crippen LogP) is 3.64. The van der Waals surface area contributed by atoms with Crippen LogP contribution in [0.4, 0.5) is 14.9 Å². The van der Waals surface area contributed by atoms with Crippen LogP contribution in [-0.4, -0.2) is 37.0 Å². The molecule has 0 spiro atoms. The minimum atomic E-state index is -3.34. The predicted molar refractivity (Wildman–Crippen MR) is 116 cm³/mol. The van der Waals surface area contributed by atoms with Crippen LogP contribution in [0.5, 0.6) is 0 Å². The van der Waals surface area contributed by atoms with Gasteiger partial charge in [-0.15, -0.1) is 0 Å². The molecule has 1 aliphatic heterocycles. The molecule has 0 bridgehead atoms. The van der Waals surface area contributed by atoms with Crippen LogP contribution in [0.1, 0.15) is 30.6 Å². The van der Waals surface area contributed by atoms with E-state index in [0.29, 0.717) is 25.1 Å². The van der Waals surface area contributed by atoms with Gasteiger partial charge in [0, 0.05) is 19.2 Å². The number of amides is 2. The summed E-state index contributed by atoms with van der Waals surface area (Å²) in [5, 5.41) is 7.38. The van der Waals surface area contributed by atoms with Gasteiger partial charge >= 0.3 is 6.03 Å². The maximum Gasteiger partial charge on any atom is 0.322 e. The van der Waals surface area contributed by atoms with Gasteiger partial charge in [-0.2, -0.15) is 5.10 Å². The summed E-state index contributed by atoms with van der Waals surface area (Å²) in [7, 11) is -3.34. The number of aromatic nitrogens is 2. The fourth-order valence-corrected chi connectivity index (χ4v) is 4.46. The van der Waals surface area contributed by atoms with E-state index in [0.717, 1.165) is 23.2 Å². The smallest absolute Gasteiger partial charge is 0.322 e. The van der Waals surface area contributed by atoms with Crippen molar-refractivity contribution in [2.45, 2.75) is 30.7 Å². The zero-order valence-corrected chi connectivity index (χ0v) is 18.1. The van der Waals surface area contributed by atoms with E-state index in [2.05, 4.69) is 10.4 Å². The summed E-state index contributed by atoms with van der Waals surface area (Å²) in [6, 6.07) is 12.1. The van der Waals surface area contributed by atoms with Crippen LogP contribution < -0.4 is 10.2 Å². The Morgan fingerprint density at radius 3 is 2.65 bits per heavy atom. The van der Waals surface area contributed by atoms with Crippen molar-refractivity contribution in [2.75, 3.05) is 17.7 Å². The Bertz CT molecular complexity index is 1220. The van der Waals surface area contributed by atoms with E-state index in [1.54, 1.807) is 46.1 Å². The van der Waals surface area contributed by atoms with E-state index in [1.165, 1.54) is 12.1 Å². The van der Waals surface area contributed by atoms with Gasteiger partial charge in [0.15, 0.2) is 9.84 Å². The molecule has 0 radical (unpaired) electrons. The largest absolute Gasteiger partial charge is 0.331 e. The van der Waals surface area contributed by atoms with Gasteiger partial charge in [-0.1, -0.05) is 19.1 Å². The Morgan fingerprint density at radius 2 is 1.97 bits per heavy atom. The molecule has 0 unspecified atom stereocenters. The first-order valence-electron chi connectivity index (χ1n) is 9.99. The molecule has 3 aromatic rings. The van der Waals surface area contributed by atoms with Crippen molar-refractivity contribution < 1.29 is 17.6 Å². The lowest BCUT2D eigenvalue weighted by Crippen LogP contribution is -2.40. The lowest BCUT2D eigenvalue weighted by atomic mass is 10.1. The van der Waals surface area contributed by atoms with Gasteiger partial charge in [0.1, 0.15) is 5.82 Å². The van der Waals surface area contributed by atoms with Crippen LogP contribution in [0.15, 0.2) is 59.6 Å². The maximum atomic E-state index is 13.2. The molecule has 4 rings (SSSR count). The van der Waals surface area contributed by atoms with Crippen molar-refractivity contribution in [1.82, 2.24) is 15.1 Å². The van der Waals surface area contributed by atoms with E-state index in [4.69, 9.17) is 0 Å². The van der Waals surface area contributed by atoms with Crippen LogP contribution in [0, 0.1) is 5.82 Å². The molecular formula is C22H23FN4O3S. The second-order valence-electron chi connectivity index (χ2n) is 7.52. The number of carbonyl (C=O) groups excluding carboxylic acids is 1. The Balaban J connectivity index is 1.55. The number of halogens is 1. The third-order valence-electron chi connectivity index (χ3n) is 5.42. The molecule has 2 aromatic carbocycles. The summed E-state index contributed by atoms with van der Waals surface area (Å²) in [5.74, 6) is -0.320. The summed E-state index contributed by atoms with van der Waals surface area (Å²) < 4.78 is 38.7. The van der Waals surface area contributed by atoms with E-state index in [-0.39, 0.29) is 22.8 Å². The highest BCUT2D eigenvalue weighted by Gasteiger charge is 2.30. The third-order valence-corrected chi connectivity index (χ3v) is 6.53. The molecule has 162 valence electrons. The lowest BCUT2D eigenvalue weighted by molar-refractivity contribution is 0.242. The Morgan fingerprint density at radius 1 is 1.23 bits per heavy atom. The number of hydrogen-bond donors (Lipinski definition) is 1. The molecule has 2 heterocycles. The van der Waals surface area contributed by atoms with E-state index in [9.17, 15) is 17.6 Å². The molecule has 1 aliphatic rings. The number of rotatable bonds is 5. The summed E-state index contributed by atoms with van der Waals surface area (Å²) in [6.07, 6.45) is 4.03. The normalized spacial score (nSPS) is 14.4. The van der Waals surface area contributed by atoms with Crippen molar-refractivity contribution in [3.63, 3.8) is 0 Å². The van der Waals surface area contributed by atoms with Gasteiger partial charge < -0.3 is 5.32 Å². The first kappa shape index (κ1) is 21.0. The standard InChI is InChI=1S/C22H23FN4O3S/c1-3-19(15-5-4-6-18(13-15)31(2,29)30)25-22(28)26-12-11-20-21(26)14-24-27(20)17-9-7-16(23)8-10-17/h4-10,13-14,19H,3,11-12H2,1-2H3,(H,25,28)/t19-/m0/s1. The van der Waals surface area contributed by atoms with Gasteiger partial charge in [-0.3, -0.25) is 4.90 Å². The number of fused-ring (bicyclic) bond motifs is 1. The Hall–Kier alpha value is -3.20. The van der Waals surface area contributed by atoms with Crippen LogP contribution in [0.3, 0.4) is 0 Å². The van der Waals surface area contributed by atoms with E-state index < -0.39 is 9.84 Å². The first-order chi connectivity index (χ1) is 14.8. The number of nitrogens with one attached hydrogen (secondary N) is 1. The third kappa shape index (κ3) is 4.18. The van der Waals surface area contributed by atoms with Crippen LogP contribution in [0.25, 0.3) is 5.69 Å². The molecule has 1 N–H and O–H groups in total. The summed E-state index contributed by atoms with van der Waals surface area (Å²) in [6.45, 7) is 2.43. The first-order valence-corrected chi connectivity index (χ1v) is 11.9. The Labute approximate surface area is 180 Å². The highest BCUT2D eigenvalue weighted by atomic mass is 32.2. The average molecular weight is 443 g/mol. The molecule has 0 aliphatic carbocycles. The van der Waals surface area contributed by atoms with Crippen LogP contribution in [0.2, 0.25) is 0 Å². The monoisotopic (exact) mass is 442 g/mol.